The van der Waals surface area contributed by atoms with E-state index in [4.69, 9.17) is 9.47 Å². The smallest absolute Gasteiger partial charge is 0.125 e. The lowest BCUT2D eigenvalue weighted by Crippen LogP contribution is -2.23. The number of ether oxygens (including phenoxy) is 2. The van der Waals surface area contributed by atoms with Crippen molar-refractivity contribution in [1.82, 2.24) is 0 Å². The molecule has 3 unspecified atom stereocenters. The van der Waals surface area contributed by atoms with E-state index in [-0.39, 0.29) is 0 Å². The van der Waals surface area contributed by atoms with Crippen molar-refractivity contribution in [3.8, 4) is 5.75 Å². The van der Waals surface area contributed by atoms with Crippen molar-refractivity contribution in [3.63, 3.8) is 0 Å². The molecular weight excluding hydrogens is 252 g/mol. The third kappa shape index (κ3) is 4.22. The van der Waals surface area contributed by atoms with Gasteiger partial charge in [0.1, 0.15) is 11.9 Å². The van der Waals surface area contributed by atoms with Gasteiger partial charge in [0.25, 0.3) is 0 Å². The van der Waals surface area contributed by atoms with Gasteiger partial charge in [0.2, 0.25) is 0 Å². The van der Waals surface area contributed by atoms with Crippen LogP contribution in [0.4, 0.5) is 0 Å². The highest BCUT2D eigenvalue weighted by Crippen LogP contribution is 2.29. The van der Waals surface area contributed by atoms with Gasteiger partial charge in [-0.1, -0.05) is 38.0 Å². The Morgan fingerprint density at radius 2 is 2.10 bits per heavy atom. The molecule has 3 heteroatoms. The zero-order valence-corrected chi connectivity index (χ0v) is 12.5. The molecule has 1 aromatic carbocycles. The Balaban J connectivity index is 1.89. The summed E-state index contributed by atoms with van der Waals surface area (Å²) in [5.41, 5.74) is 0.818. The van der Waals surface area contributed by atoms with Crippen molar-refractivity contribution in [3.05, 3.63) is 29.8 Å². The average molecular weight is 278 g/mol. The van der Waals surface area contributed by atoms with Crippen LogP contribution < -0.4 is 4.74 Å². The number of para-hydroxylation sites is 1. The maximum Gasteiger partial charge on any atom is 0.125 e. The number of rotatable bonds is 6. The Morgan fingerprint density at radius 1 is 1.30 bits per heavy atom. The van der Waals surface area contributed by atoms with E-state index in [0.29, 0.717) is 19.3 Å². The summed E-state index contributed by atoms with van der Waals surface area (Å²) in [5.74, 6) is 1.49. The van der Waals surface area contributed by atoms with Crippen molar-refractivity contribution in [2.45, 2.75) is 51.7 Å². The summed E-state index contributed by atoms with van der Waals surface area (Å²) in [5, 5.41) is 10.3. The van der Waals surface area contributed by atoms with Crippen molar-refractivity contribution in [2.75, 3.05) is 13.2 Å². The number of hydrogen-bond donors (Lipinski definition) is 1. The lowest BCUT2D eigenvalue weighted by atomic mass is 9.89. The fraction of sp³-hybridized carbons (Fsp3) is 0.647. The number of benzene rings is 1. The molecule has 1 saturated carbocycles. The lowest BCUT2D eigenvalue weighted by molar-refractivity contribution is -0.0328. The van der Waals surface area contributed by atoms with E-state index in [2.05, 4.69) is 6.92 Å². The Kier molecular flexibility index (Phi) is 5.86. The lowest BCUT2D eigenvalue weighted by Gasteiger charge is -2.28. The third-order valence-electron chi connectivity index (χ3n) is 3.96. The van der Waals surface area contributed by atoms with E-state index in [9.17, 15) is 5.11 Å². The first kappa shape index (κ1) is 15.3. The predicted octanol–water partition coefficient (Wildman–Crippen LogP) is 3.71. The summed E-state index contributed by atoms with van der Waals surface area (Å²) < 4.78 is 11.4. The molecule has 1 fully saturated rings. The summed E-state index contributed by atoms with van der Waals surface area (Å²) >= 11 is 0. The van der Waals surface area contributed by atoms with E-state index in [1.165, 1.54) is 12.8 Å². The van der Waals surface area contributed by atoms with Crippen LogP contribution in [0, 0.1) is 5.92 Å². The van der Waals surface area contributed by atoms with Gasteiger partial charge in [0, 0.05) is 5.56 Å². The van der Waals surface area contributed by atoms with Crippen LogP contribution in [0.2, 0.25) is 0 Å². The molecule has 1 aliphatic carbocycles. The van der Waals surface area contributed by atoms with Gasteiger partial charge in [-0.25, -0.2) is 0 Å². The van der Waals surface area contributed by atoms with Gasteiger partial charge in [0.05, 0.1) is 19.3 Å². The van der Waals surface area contributed by atoms with Crippen LogP contribution in [0.5, 0.6) is 5.75 Å². The predicted molar refractivity (Wildman–Crippen MR) is 79.9 cm³/mol. The summed E-state index contributed by atoms with van der Waals surface area (Å²) in [7, 11) is 0. The van der Waals surface area contributed by atoms with Gasteiger partial charge in [-0.05, 0) is 31.7 Å². The highest BCUT2D eigenvalue weighted by molar-refractivity contribution is 5.35. The number of aliphatic hydroxyl groups is 1. The van der Waals surface area contributed by atoms with E-state index < -0.39 is 6.10 Å². The summed E-state index contributed by atoms with van der Waals surface area (Å²) in [4.78, 5) is 0. The quantitative estimate of drug-likeness (QED) is 0.862. The fourth-order valence-corrected chi connectivity index (χ4v) is 2.89. The first-order chi connectivity index (χ1) is 9.70. The molecule has 1 N–H and O–H groups in total. The topological polar surface area (TPSA) is 38.7 Å². The minimum Gasteiger partial charge on any atom is -0.493 e. The van der Waals surface area contributed by atoms with Gasteiger partial charge in [-0.15, -0.1) is 0 Å². The highest BCUT2D eigenvalue weighted by atomic mass is 16.5. The van der Waals surface area contributed by atoms with Crippen molar-refractivity contribution in [1.29, 1.82) is 0 Å². The zero-order chi connectivity index (χ0) is 14.4. The van der Waals surface area contributed by atoms with Gasteiger partial charge >= 0.3 is 0 Å². The van der Waals surface area contributed by atoms with Gasteiger partial charge < -0.3 is 14.6 Å². The molecule has 1 aliphatic rings. The van der Waals surface area contributed by atoms with E-state index in [0.717, 1.165) is 30.1 Å². The molecule has 112 valence electrons. The van der Waals surface area contributed by atoms with E-state index in [1.807, 2.05) is 31.2 Å². The van der Waals surface area contributed by atoms with Crippen molar-refractivity contribution < 1.29 is 14.6 Å². The molecule has 1 aromatic rings. The average Bonchev–Trinajstić information content (AvgIpc) is 2.46. The van der Waals surface area contributed by atoms with Crippen LogP contribution in [0.15, 0.2) is 24.3 Å². The molecule has 0 spiro atoms. The Morgan fingerprint density at radius 3 is 2.85 bits per heavy atom. The molecule has 0 saturated heterocycles. The van der Waals surface area contributed by atoms with Crippen LogP contribution in [-0.2, 0) is 4.74 Å². The SMILES string of the molecule is CCOc1ccccc1C(O)COC1CCCC(C)C1. The monoisotopic (exact) mass is 278 g/mol. The van der Waals surface area contributed by atoms with Gasteiger partial charge in [-0.2, -0.15) is 0 Å². The summed E-state index contributed by atoms with van der Waals surface area (Å²) in [6.45, 7) is 5.17. The van der Waals surface area contributed by atoms with Crippen LogP contribution >= 0.6 is 0 Å². The largest absolute Gasteiger partial charge is 0.493 e. The van der Waals surface area contributed by atoms with Crippen LogP contribution in [0.25, 0.3) is 0 Å². The molecule has 0 amide bonds. The molecule has 3 nitrogen and oxygen atoms in total. The van der Waals surface area contributed by atoms with Crippen LogP contribution in [0.3, 0.4) is 0 Å². The normalized spacial score (nSPS) is 24.4. The third-order valence-corrected chi connectivity index (χ3v) is 3.96. The maximum atomic E-state index is 10.3. The second-order valence-corrected chi connectivity index (χ2v) is 5.71. The molecule has 0 radical (unpaired) electrons. The molecule has 20 heavy (non-hydrogen) atoms. The van der Waals surface area contributed by atoms with E-state index >= 15 is 0 Å². The molecule has 0 heterocycles. The molecule has 0 bridgehead atoms. The summed E-state index contributed by atoms with van der Waals surface area (Å²) in [6, 6.07) is 7.64. The Hall–Kier alpha value is -1.06. The molecule has 0 aliphatic heterocycles. The number of hydrogen-bond acceptors (Lipinski definition) is 3. The zero-order valence-electron chi connectivity index (χ0n) is 12.5. The maximum absolute atomic E-state index is 10.3. The second kappa shape index (κ2) is 7.65. The van der Waals surface area contributed by atoms with Crippen molar-refractivity contribution >= 4 is 0 Å². The van der Waals surface area contributed by atoms with Crippen LogP contribution in [-0.4, -0.2) is 24.4 Å². The fourth-order valence-electron chi connectivity index (χ4n) is 2.89. The van der Waals surface area contributed by atoms with Crippen LogP contribution in [0.1, 0.15) is 51.2 Å². The first-order valence-electron chi connectivity index (χ1n) is 7.72. The molecule has 0 aromatic heterocycles. The Labute approximate surface area is 121 Å². The standard InChI is InChI=1S/C17H26O3/c1-3-19-17-10-5-4-9-15(17)16(18)12-20-14-8-6-7-13(2)11-14/h4-5,9-10,13-14,16,18H,3,6-8,11-12H2,1-2H3. The highest BCUT2D eigenvalue weighted by Gasteiger charge is 2.21. The minimum absolute atomic E-state index is 0.299. The van der Waals surface area contributed by atoms with Crippen molar-refractivity contribution in [2.24, 2.45) is 5.92 Å². The molecule has 3 atom stereocenters. The Bertz CT molecular complexity index is 405. The minimum atomic E-state index is -0.616. The van der Waals surface area contributed by atoms with Gasteiger partial charge in [-0.3, -0.25) is 0 Å². The van der Waals surface area contributed by atoms with Gasteiger partial charge in [0.15, 0.2) is 0 Å². The first-order valence-corrected chi connectivity index (χ1v) is 7.72. The molecule has 2 rings (SSSR count). The van der Waals surface area contributed by atoms with E-state index in [1.54, 1.807) is 0 Å². The summed E-state index contributed by atoms with van der Waals surface area (Å²) in [6.07, 6.45) is 4.44. The molecular formula is C17H26O3. The number of aliphatic hydroxyl groups excluding tert-OH is 1. The second-order valence-electron chi connectivity index (χ2n) is 5.71.